The van der Waals surface area contributed by atoms with Crippen LogP contribution in [0.4, 0.5) is 0 Å². The predicted octanol–water partition coefficient (Wildman–Crippen LogP) is 5.24. The highest BCUT2D eigenvalue weighted by Crippen LogP contribution is 2.31. The minimum atomic E-state index is -3.60. The fourth-order valence-corrected chi connectivity index (χ4v) is 7.32. The van der Waals surface area contributed by atoms with Gasteiger partial charge in [0.1, 0.15) is 0 Å². The first-order chi connectivity index (χ1) is 15.2. The van der Waals surface area contributed by atoms with Crippen LogP contribution in [0.1, 0.15) is 43.0 Å². The molecule has 0 saturated carbocycles. The van der Waals surface area contributed by atoms with Gasteiger partial charge < -0.3 is 4.57 Å². The summed E-state index contributed by atoms with van der Waals surface area (Å²) in [5.41, 5.74) is 1.03. The number of thiazole rings is 1. The number of benzene rings is 2. The fraction of sp³-hybridized carbons (Fsp3) is 0.364. The zero-order valence-electron chi connectivity index (χ0n) is 17.7. The van der Waals surface area contributed by atoms with Crippen LogP contribution in [0.5, 0.6) is 0 Å². The van der Waals surface area contributed by atoms with Crippen molar-refractivity contribution in [3.63, 3.8) is 0 Å². The van der Waals surface area contributed by atoms with E-state index in [0.29, 0.717) is 32.5 Å². The number of fused-ring (bicyclic) bond motifs is 1. The molecule has 0 spiro atoms. The van der Waals surface area contributed by atoms with Gasteiger partial charge >= 0.3 is 0 Å². The Labute approximate surface area is 201 Å². The Morgan fingerprint density at radius 1 is 1.16 bits per heavy atom. The summed E-state index contributed by atoms with van der Waals surface area (Å²) in [5, 5.41) is 0.843. The van der Waals surface area contributed by atoms with Gasteiger partial charge in [0.05, 0.1) is 25.2 Å². The largest absolute Gasteiger partial charge is 0.318 e. The Balaban J connectivity index is 1.64. The third-order valence-corrected chi connectivity index (χ3v) is 9.66. The topological polar surface area (TPSA) is 71.7 Å². The van der Waals surface area contributed by atoms with Gasteiger partial charge in [-0.2, -0.15) is 9.30 Å². The molecule has 2 aromatic carbocycles. The number of nitrogens with zero attached hydrogens (tertiary/aromatic N) is 3. The van der Waals surface area contributed by atoms with Crippen LogP contribution >= 0.6 is 34.5 Å². The fourth-order valence-electron chi connectivity index (χ4n) is 4.03. The zero-order chi connectivity index (χ0) is 23.0. The molecule has 1 atom stereocenters. The van der Waals surface area contributed by atoms with Crippen molar-refractivity contribution in [1.82, 2.24) is 8.87 Å². The van der Waals surface area contributed by atoms with Gasteiger partial charge in [-0.3, -0.25) is 4.79 Å². The number of piperidine rings is 1. The van der Waals surface area contributed by atoms with Crippen LogP contribution in [0.2, 0.25) is 10.0 Å². The first-order valence-corrected chi connectivity index (χ1v) is 13.4. The zero-order valence-corrected chi connectivity index (χ0v) is 20.9. The minimum absolute atomic E-state index is 0.0262. The van der Waals surface area contributed by atoms with Crippen LogP contribution in [-0.2, 0) is 17.1 Å². The van der Waals surface area contributed by atoms with Gasteiger partial charge in [-0.25, -0.2) is 8.42 Å². The summed E-state index contributed by atoms with van der Waals surface area (Å²) in [5.74, 6) is -0.456. The van der Waals surface area contributed by atoms with E-state index in [1.54, 1.807) is 22.0 Å². The van der Waals surface area contributed by atoms with Crippen molar-refractivity contribution in [2.24, 2.45) is 12.0 Å². The molecule has 0 radical (unpaired) electrons. The molecule has 2 heterocycles. The Bertz CT molecular complexity index is 1350. The molecule has 1 aliphatic rings. The molecule has 1 saturated heterocycles. The van der Waals surface area contributed by atoms with Crippen molar-refractivity contribution in [2.75, 3.05) is 6.54 Å². The second-order valence-corrected chi connectivity index (χ2v) is 11.5. The maximum atomic E-state index is 13.1. The Hall–Kier alpha value is -1.71. The third-order valence-electron chi connectivity index (χ3n) is 5.81. The highest BCUT2D eigenvalue weighted by Gasteiger charge is 2.32. The maximum Gasteiger partial charge on any atom is 0.279 e. The molecule has 1 aromatic heterocycles. The number of carbonyl (C=O) groups excluding carboxylic acids is 1. The molecule has 170 valence electrons. The summed E-state index contributed by atoms with van der Waals surface area (Å²) in [6, 6.07) is 9.57. The lowest BCUT2D eigenvalue weighted by molar-refractivity contribution is 0.0998. The normalized spacial score (nSPS) is 18.4. The van der Waals surface area contributed by atoms with E-state index in [2.05, 4.69) is 4.99 Å². The van der Waals surface area contributed by atoms with Crippen molar-refractivity contribution >= 4 is 60.7 Å². The van der Waals surface area contributed by atoms with Gasteiger partial charge in [0.2, 0.25) is 10.0 Å². The SMILES string of the molecule is CCC1CCCCN1S(=O)(=O)c1ccc(C(=O)N=c2sc3ccc(Cl)c(Cl)c3n2C)cc1. The molecule has 1 unspecified atom stereocenters. The molecule has 3 aromatic rings. The smallest absolute Gasteiger partial charge is 0.279 e. The number of aromatic nitrogens is 1. The predicted molar refractivity (Wildman–Crippen MR) is 129 cm³/mol. The molecule has 6 nitrogen and oxygen atoms in total. The summed E-state index contributed by atoms with van der Waals surface area (Å²) in [4.78, 5) is 17.7. The van der Waals surface area contributed by atoms with E-state index in [4.69, 9.17) is 23.2 Å². The second kappa shape index (κ2) is 9.27. The second-order valence-electron chi connectivity index (χ2n) is 7.77. The van der Waals surface area contributed by atoms with Crippen LogP contribution in [0.3, 0.4) is 0 Å². The summed E-state index contributed by atoms with van der Waals surface area (Å²) >= 11 is 13.7. The minimum Gasteiger partial charge on any atom is -0.318 e. The summed E-state index contributed by atoms with van der Waals surface area (Å²) in [6.07, 6.45) is 3.58. The number of amides is 1. The van der Waals surface area contributed by atoms with Crippen LogP contribution in [0.15, 0.2) is 46.3 Å². The van der Waals surface area contributed by atoms with Crippen LogP contribution < -0.4 is 4.80 Å². The van der Waals surface area contributed by atoms with E-state index in [1.807, 2.05) is 13.0 Å². The van der Waals surface area contributed by atoms with Crippen molar-refractivity contribution in [2.45, 2.75) is 43.5 Å². The number of sulfonamides is 1. The van der Waals surface area contributed by atoms with E-state index in [9.17, 15) is 13.2 Å². The lowest BCUT2D eigenvalue weighted by Crippen LogP contribution is -2.43. The van der Waals surface area contributed by atoms with Crippen LogP contribution in [0.25, 0.3) is 10.2 Å². The molecule has 32 heavy (non-hydrogen) atoms. The van der Waals surface area contributed by atoms with Crippen molar-refractivity contribution in [3.8, 4) is 0 Å². The highest BCUT2D eigenvalue weighted by molar-refractivity contribution is 7.89. The number of aryl methyl sites for hydroxylation is 1. The molecule has 1 aliphatic heterocycles. The Morgan fingerprint density at radius 3 is 2.56 bits per heavy atom. The average Bonchev–Trinajstić information content (AvgIpc) is 3.12. The van der Waals surface area contributed by atoms with Gasteiger partial charge in [-0.05, 0) is 55.7 Å². The summed E-state index contributed by atoms with van der Waals surface area (Å²) in [6.45, 7) is 2.54. The molecule has 10 heteroatoms. The third kappa shape index (κ3) is 4.26. The molecule has 0 bridgehead atoms. The molecular weight excluding hydrogens is 489 g/mol. The monoisotopic (exact) mass is 511 g/mol. The van der Waals surface area contributed by atoms with Crippen molar-refractivity contribution < 1.29 is 13.2 Å². The van der Waals surface area contributed by atoms with Crippen LogP contribution in [-0.4, -0.2) is 35.8 Å². The van der Waals surface area contributed by atoms with Crippen LogP contribution in [0, 0.1) is 0 Å². The first kappa shape index (κ1) is 23.4. The number of hydrogen-bond donors (Lipinski definition) is 0. The molecule has 0 N–H and O–H groups in total. The van der Waals surface area contributed by atoms with E-state index < -0.39 is 15.9 Å². The lowest BCUT2D eigenvalue weighted by atomic mass is 10.0. The van der Waals surface area contributed by atoms with Gasteiger partial charge in [-0.1, -0.05) is 47.9 Å². The van der Waals surface area contributed by atoms with Gasteiger partial charge in [-0.15, -0.1) is 0 Å². The molecule has 1 fully saturated rings. The number of rotatable bonds is 4. The Morgan fingerprint density at radius 2 is 1.88 bits per heavy atom. The summed E-state index contributed by atoms with van der Waals surface area (Å²) < 4.78 is 30.4. The summed E-state index contributed by atoms with van der Waals surface area (Å²) in [7, 11) is -1.83. The standard InChI is InChI=1S/C22H23Cl2N3O3S2/c1-3-15-6-4-5-13-27(15)32(29,30)16-9-7-14(8-10-16)21(28)25-22-26(2)20-18(31-22)12-11-17(23)19(20)24/h7-12,15H,3-6,13H2,1-2H3. The van der Waals surface area contributed by atoms with Gasteiger partial charge in [0, 0.05) is 25.2 Å². The molecule has 1 amide bonds. The lowest BCUT2D eigenvalue weighted by Gasteiger charge is -2.34. The van der Waals surface area contributed by atoms with E-state index >= 15 is 0 Å². The van der Waals surface area contributed by atoms with E-state index in [0.717, 1.165) is 30.4 Å². The molecule has 0 aliphatic carbocycles. The van der Waals surface area contributed by atoms with E-state index in [1.165, 1.54) is 35.6 Å². The van der Waals surface area contributed by atoms with Gasteiger partial charge in [0.25, 0.3) is 5.91 Å². The first-order valence-electron chi connectivity index (χ1n) is 10.4. The van der Waals surface area contributed by atoms with E-state index in [-0.39, 0.29) is 10.9 Å². The van der Waals surface area contributed by atoms with Gasteiger partial charge in [0.15, 0.2) is 4.80 Å². The Kier molecular flexibility index (Phi) is 6.79. The van der Waals surface area contributed by atoms with Crippen molar-refractivity contribution in [3.05, 3.63) is 56.8 Å². The van der Waals surface area contributed by atoms with Crippen molar-refractivity contribution in [1.29, 1.82) is 0 Å². The maximum absolute atomic E-state index is 13.1. The molecular formula is C22H23Cl2N3O3S2. The number of hydrogen-bond acceptors (Lipinski definition) is 4. The average molecular weight is 512 g/mol. The number of halogens is 2. The quantitative estimate of drug-likeness (QED) is 0.480. The molecule has 4 rings (SSSR count). The number of carbonyl (C=O) groups is 1. The highest BCUT2D eigenvalue weighted by atomic mass is 35.5.